The highest BCUT2D eigenvalue weighted by molar-refractivity contribution is 7.92. The molecule has 21 nitrogen and oxygen atoms in total. The van der Waals surface area contributed by atoms with E-state index in [0.717, 1.165) is 0 Å². The smallest absolute Gasteiger partial charge is 0.379 e. The zero-order chi connectivity index (χ0) is 33.1. The molecule has 0 fully saturated rings. The first-order chi connectivity index (χ1) is 19.1. The van der Waals surface area contributed by atoms with Gasteiger partial charge in [-0.2, -0.15) is 0 Å². The maximum Gasteiger partial charge on any atom is 0.929 e. The van der Waals surface area contributed by atoms with E-state index in [1.807, 2.05) is 0 Å². The summed E-state index contributed by atoms with van der Waals surface area (Å²) < 4.78 is 162. The predicted octanol–water partition coefficient (Wildman–Crippen LogP) is -4.63. The Hall–Kier alpha value is -3.21. The molecule has 0 aliphatic carbocycles. The summed E-state index contributed by atoms with van der Waals surface area (Å²) in [4.78, 5) is 0.121. The summed E-state index contributed by atoms with van der Waals surface area (Å²) in [5, 5.41) is 5.08. The average Bonchev–Trinajstić information content (AvgIpc) is 3.47. The SMILES string of the molecule is CS(=O)(=O)c1cc(S(C)(=O)=O)n(OB(On2nc(S(C)(=O)=O)cc2S(C)(=O)=O)On2nc(S(C)(=O)=O)cc2S(C)(=O)=O)n1. The zero-order valence-corrected chi connectivity index (χ0v) is 27.5. The molecule has 0 aliphatic heterocycles. The number of sulfone groups is 6. The van der Waals surface area contributed by atoms with E-state index in [9.17, 15) is 50.5 Å². The summed E-state index contributed by atoms with van der Waals surface area (Å²) in [6, 6.07) is 1.70. The van der Waals surface area contributed by atoms with Crippen LogP contribution in [0.5, 0.6) is 0 Å². The molecular weight excluding hydrogens is 707 g/mol. The molecule has 28 heteroatoms. The van der Waals surface area contributed by atoms with Crippen LogP contribution in [-0.2, 0) is 59.0 Å². The Morgan fingerprint density at radius 2 is 0.651 bits per heavy atom. The van der Waals surface area contributed by atoms with Gasteiger partial charge in [0.2, 0.25) is 0 Å². The Morgan fingerprint density at radius 3 is 0.814 bits per heavy atom. The largest absolute Gasteiger partial charge is 0.929 e. The lowest BCUT2D eigenvalue weighted by Gasteiger charge is -2.16. The van der Waals surface area contributed by atoms with E-state index >= 15 is 0 Å². The summed E-state index contributed by atoms with van der Waals surface area (Å²) in [5.41, 5.74) is 0. The van der Waals surface area contributed by atoms with E-state index in [2.05, 4.69) is 15.3 Å². The van der Waals surface area contributed by atoms with Gasteiger partial charge in [-0.05, 0) is 0 Å². The zero-order valence-electron chi connectivity index (χ0n) is 22.6. The quantitative estimate of drug-likeness (QED) is 0.158. The van der Waals surface area contributed by atoms with Gasteiger partial charge in [0.05, 0.1) is 0 Å². The highest BCUT2D eigenvalue weighted by atomic mass is 32.2. The molecule has 0 amide bonds. The summed E-state index contributed by atoms with van der Waals surface area (Å²) >= 11 is 0. The predicted molar refractivity (Wildman–Crippen MR) is 141 cm³/mol. The highest BCUT2D eigenvalue weighted by Gasteiger charge is 2.41. The maximum absolute atomic E-state index is 12.3. The molecule has 0 unspecified atom stereocenters. The third-order valence-corrected chi connectivity index (χ3v) is 10.7. The van der Waals surface area contributed by atoms with E-state index in [0.29, 0.717) is 55.7 Å². The van der Waals surface area contributed by atoms with Gasteiger partial charge >= 0.3 is 7.32 Å². The van der Waals surface area contributed by atoms with E-state index < -0.39 is 96.5 Å². The minimum absolute atomic E-state index is 0.0402. The maximum atomic E-state index is 12.3. The second-order valence-electron chi connectivity index (χ2n) is 8.82. The second-order valence-corrected chi connectivity index (χ2v) is 20.6. The lowest BCUT2D eigenvalue weighted by Crippen LogP contribution is -2.50. The van der Waals surface area contributed by atoms with Gasteiger partial charge in [-0.1, -0.05) is 14.5 Å². The lowest BCUT2D eigenvalue weighted by molar-refractivity contribution is 0.0190. The molecule has 43 heavy (non-hydrogen) atoms. The molecule has 0 radical (unpaired) electrons. The van der Waals surface area contributed by atoms with Crippen molar-refractivity contribution in [2.24, 2.45) is 0 Å². The Labute approximate surface area is 245 Å². The molecule has 3 aromatic rings. The van der Waals surface area contributed by atoms with Crippen molar-refractivity contribution in [2.75, 3.05) is 37.5 Å². The number of hydrogen-bond acceptors (Lipinski definition) is 18. The molecule has 0 aliphatic rings. The van der Waals surface area contributed by atoms with Crippen molar-refractivity contribution in [1.82, 2.24) is 29.8 Å². The van der Waals surface area contributed by atoms with Crippen molar-refractivity contribution in [1.29, 1.82) is 0 Å². The Bertz CT molecular complexity index is 2010. The van der Waals surface area contributed by atoms with Crippen LogP contribution in [-0.4, -0.2) is 125 Å². The first-order valence-corrected chi connectivity index (χ1v) is 22.0. The minimum Gasteiger partial charge on any atom is -0.379 e. The van der Waals surface area contributed by atoms with Crippen LogP contribution in [0.3, 0.4) is 0 Å². The van der Waals surface area contributed by atoms with Crippen LogP contribution in [0, 0.1) is 0 Å². The highest BCUT2D eigenvalue weighted by Crippen LogP contribution is 2.18. The molecule has 0 bridgehead atoms. The van der Waals surface area contributed by atoms with Gasteiger partial charge < -0.3 is 14.3 Å². The van der Waals surface area contributed by atoms with Gasteiger partial charge in [-0.15, -0.1) is 15.3 Å². The van der Waals surface area contributed by atoms with Crippen molar-refractivity contribution >= 4 is 66.3 Å². The normalized spacial score (nSPS) is 13.5. The average molecular weight is 729 g/mol. The number of hydrogen-bond donors (Lipinski definition) is 0. The first-order valence-electron chi connectivity index (χ1n) is 10.6. The van der Waals surface area contributed by atoms with Crippen molar-refractivity contribution < 1.29 is 64.8 Å². The molecule has 0 atom stereocenters. The monoisotopic (exact) mass is 728 g/mol. The fraction of sp³-hybridized carbons (Fsp3) is 0.400. The molecule has 0 aromatic carbocycles. The third kappa shape index (κ3) is 8.05. The van der Waals surface area contributed by atoms with Gasteiger partial charge in [0.25, 0.3) is 0 Å². The molecule has 3 aromatic heterocycles. The van der Waals surface area contributed by atoms with Gasteiger partial charge in [-0.3, -0.25) is 0 Å². The first kappa shape index (κ1) is 34.3. The fourth-order valence-corrected chi connectivity index (χ4v) is 6.75. The van der Waals surface area contributed by atoms with E-state index in [4.69, 9.17) is 14.3 Å². The summed E-state index contributed by atoms with van der Waals surface area (Å²) in [5.74, 6) is 0. The standard InChI is InChI=1S/C15H21BN6O15S6/c1-38(23,24)10-7-13(41(4,29)30)20(17-10)35-16(36-21-14(42(5,31)32)8-11(18-21)39(2,25)26)37-22-15(43(6,33)34)9-12(19-22)40(3,27)28/h7-9H,1-6H3. The minimum atomic E-state index is -4.35. The topological polar surface area (TPSA) is 286 Å². The Morgan fingerprint density at radius 1 is 0.442 bits per heavy atom. The number of aromatic nitrogens is 6. The Kier molecular flexibility index (Phi) is 8.57. The van der Waals surface area contributed by atoms with E-state index in [1.165, 1.54) is 0 Å². The van der Waals surface area contributed by atoms with E-state index in [-0.39, 0.29) is 14.5 Å². The summed E-state index contributed by atoms with van der Waals surface area (Å²) in [7, 11) is -28.3. The molecule has 240 valence electrons. The molecule has 0 N–H and O–H groups in total. The number of nitrogens with zero attached hydrogens (tertiary/aromatic N) is 6. The summed E-state index contributed by atoms with van der Waals surface area (Å²) in [6.07, 6.45) is 3.86. The van der Waals surface area contributed by atoms with Crippen LogP contribution in [0.15, 0.2) is 48.4 Å². The fourth-order valence-electron chi connectivity index (χ4n) is 2.80. The van der Waals surface area contributed by atoms with Gasteiger partial charge in [-0.25, -0.2) is 50.5 Å². The van der Waals surface area contributed by atoms with Crippen LogP contribution >= 0.6 is 0 Å². The van der Waals surface area contributed by atoms with Gasteiger partial charge in [0.15, 0.2) is 89.2 Å². The van der Waals surface area contributed by atoms with Gasteiger partial charge in [0.1, 0.15) is 0 Å². The molecule has 0 spiro atoms. The van der Waals surface area contributed by atoms with Crippen LogP contribution in [0.2, 0.25) is 0 Å². The third-order valence-electron chi connectivity index (χ3n) is 4.71. The lowest BCUT2D eigenvalue weighted by atomic mass is 10.3. The van der Waals surface area contributed by atoms with Crippen LogP contribution < -0.4 is 14.3 Å². The van der Waals surface area contributed by atoms with E-state index in [1.54, 1.807) is 0 Å². The van der Waals surface area contributed by atoms with Crippen LogP contribution in [0.1, 0.15) is 0 Å². The Balaban J connectivity index is 2.29. The second kappa shape index (κ2) is 10.8. The molecule has 3 rings (SSSR count). The van der Waals surface area contributed by atoms with Crippen LogP contribution in [0.4, 0.5) is 0 Å². The molecule has 0 saturated carbocycles. The van der Waals surface area contributed by atoms with Gasteiger partial charge in [0, 0.05) is 55.7 Å². The number of rotatable bonds is 12. The van der Waals surface area contributed by atoms with Crippen molar-refractivity contribution in [3.05, 3.63) is 18.2 Å². The molecule has 0 saturated heterocycles. The van der Waals surface area contributed by atoms with Crippen LogP contribution in [0.25, 0.3) is 0 Å². The van der Waals surface area contributed by atoms with Crippen molar-refractivity contribution in [3.8, 4) is 0 Å². The summed E-state index contributed by atoms with van der Waals surface area (Å²) in [6.45, 7) is 0. The molecule has 3 heterocycles. The molecular formula is C15H21BN6O15S6. The van der Waals surface area contributed by atoms with Crippen molar-refractivity contribution in [2.45, 2.75) is 30.2 Å². The van der Waals surface area contributed by atoms with Crippen molar-refractivity contribution in [3.63, 3.8) is 0 Å².